The molecule has 13 heavy (non-hydrogen) atoms. The highest BCUT2D eigenvalue weighted by Crippen LogP contribution is 2.15. The van der Waals surface area contributed by atoms with Gasteiger partial charge in [0.2, 0.25) is 0 Å². The third kappa shape index (κ3) is 2.40. The fourth-order valence-corrected chi connectivity index (χ4v) is 1.13. The van der Waals surface area contributed by atoms with E-state index in [2.05, 4.69) is 10.3 Å². The molecule has 0 amide bonds. The van der Waals surface area contributed by atoms with Gasteiger partial charge in [-0.1, -0.05) is 11.6 Å². The fourth-order valence-electron chi connectivity index (χ4n) is 0.968. The summed E-state index contributed by atoms with van der Waals surface area (Å²) in [7, 11) is 1.77. The second-order valence-corrected chi connectivity index (χ2v) is 2.99. The lowest BCUT2D eigenvalue weighted by Gasteiger charge is -2.05. The summed E-state index contributed by atoms with van der Waals surface area (Å²) >= 11 is 5.62. The van der Waals surface area contributed by atoms with E-state index in [4.69, 9.17) is 22.7 Å². The average molecular weight is 199 g/mol. The third-order valence-corrected chi connectivity index (χ3v) is 1.79. The van der Waals surface area contributed by atoms with Crippen LogP contribution in [0.2, 0.25) is 5.15 Å². The van der Waals surface area contributed by atoms with Crippen LogP contribution in [0.25, 0.3) is 0 Å². The van der Waals surface area contributed by atoms with Crippen molar-refractivity contribution in [3.8, 4) is 0 Å². The molecule has 1 heterocycles. The van der Waals surface area contributed by atoms with Crippen molar-refractivity contribution < 1.29 is 0 Å². The second-order valence-electron chi connectivity index (χ2n) is 2.60. The molecular weight excluding hydrogens is 188 g/mol. The van der Waals surface area contributed by atoms with Gasteiger partial charge in [-0.2, -0.15) is 0 Å². The molecular formula is C8H11ClN4. The molecule has 4 nitrogen and oxygen atoms in total. The maximum Gasteiger partial charge on any atom is 0.131 e. The number of halogens is 1. The van der Waals surface area contributed by atoms with Gasteiger partial charge in [-0.25, -0.2) is 4.98 Å². The molecule has 0 unspecified atom stereocenters. The Hall–Kier alpha value is -1.13. The summed E-state index contributed by atoms with van der Waals surface area (Å²) in [5, 5.41) is 10.8. The first-order valence-corrected chi connectivity index (χ1v) is 4.16. The number of pyridine rings is 1. The molecule has 0 spiro atoms. The minimum Gasteiger partial charge on any atom is -0.398 e. The van der Waals surface area contributed by atoms with Gasteiger partial charge in [-0.15, -0.1) is 0 Å². The van der Waals surface area contributed by atoms with Gasteiger partial charge in [0, 0.05) is 24.0 Å². The minimum absolute atomic E-state index is 0.346. The van der Waals surface area contributed by atoms with E-state index in [0.29, 0.717) is 28.7 Å². The smallest absolute Gasteiger partial charge is 0.131 e. The number of nitrogens with two attached hydrogens (primary N) is 1. The number of nitrogens with one attached hydrogen (secondary N) is 2. The first-order valence-electron chi connectivity index (χ1n) is 3.78. The van der Waals surface area contributed by atoms with Crippen LogP contribution in [0.1, 0.15) is 5.56 Å². The molecule has 0 aliphatic carbocycles. The maximum absolute atomic E-state index is 7.62. The average Bonchev–Trinajstić information content (AvgIpc) is 2.04. The van der Waals surface area contributed by atoms with E-state index < -0.39 is 0 Å². The van der Waals surface area contributed by atoms with Crippen LogP contribution in [0, 0.1) is 5.41 Å². The third-order valence-electron chi connectivity index (χ3n) is 1.58. The van der Waals surface area contributed by atoms with Crippen LogP contribution in [0.4, 0.5) is 5.69 Å². The van der Waals surface area contributed by atoms with Crippen molar-refractivity contribution in [3.05, 3.63) is 23.0 Å². The lowest BCUT2D eigenvalue weighted by molar-refractivity contribution is 0.941. The van der Waals surface area contributed by atoms with E-state index in [-0.39, 0.29) is 0 Å². The molecule has 0 aliphatic heterocycles. The van der Waals surface area contributed by atoms with Crippen LogP contribution in [0.5, 0.6) is 0 Å². The van der Waals surface area contributed by atoms with E-state index in [1.807, 2.05) is 0 Å². The fraction of sp³-hybridized carbons (Fsp3) is 0.250. The van der Waals surface area contributed by atoms with Crippen molar-refractivity contribution in [2.75, 3.05) is 19.3 Å². The molecule has 0 atom stereocenters. The predicted octanol–water partition coefficient (Wildman–Crippen LogP) is 0.904. The molecule has 0 saturated carbocycles. The summed E-state index contributed by atoms with van der Waals surface area (Å²) in [4.78, 5) is 3.86. The SMILES string of the molecule is CNCC(=N)c1cnc(Cl)cc1N. The van der Waals surface area contributed by atoms with Gasteiger partial charge in [-0.05, 0) is 13.1 Å². The molecule has 70 valence electrons. The zero-order valence-corrected chi connectivity index (χ0v) is 8.02. The number of nitrogens with zero attached hydrogens (tertiary/aromatic N) is 1. The molecule has 5 heteroatoms. The van der Waals surface area contributed by atoms with Crippen molar-refractivity contribution in [3.63, 3.8) is 0 Å². The Balaban J connectivity index is 2.95. The summed E-state index contributed by atoms with van der Waals surface area (Å²) in [6.45, 7) is 0.466. The Morgan fingerprint density at radius 3 is 3.00 bits per heavy atom. The quantitative estimate of drug-likeness (QED) is 0.499. The molecule has 0 aliphatic rings. The summed E-state index contributed by atoms with van der Waals surface area (Å²) in [6.07, 6.45) is 1.51. The molecule has 1 aromatic heterocycles. The van der Waals surface area contributed by atoms with Crippen LogP contribution < -0.4 is 11.1 Å². The Morgan fingerprint density at radius 2 is 2.46 bits per heavy atom. The number of rotatable bonds is 3. The van der Waals surface area contributed by atoms with Crippen molar-refractivity contribution in [2.45, 2.75) is 0 Å². The van der Waals surface area contributed by atoms with E-state index in [0.717, 1.165) is 0 Å². The van der Waals surface area contributed by atoms with E-state index in [1.165, 1.54) is 6.20 Å². The zero-order chi connectivity index (χ0) is 9.84. The maximum atomic E-state index is 7.62. The number of likely N-dealkylation sites (N-methyl/N-ethyl adjacent to an activating group) is 1. The molecule has 0 saturated heterocycles. The number of nitrogen functional groups attached to an aromatic ring is 1. The lowest BCUT2D eigenvalue weighted by Crippen LogP contribution is -2.19. The van der Waals surface area contributed by atoms with Crippen molar-refractivity contribution in [1.82, 2.24) is 10.3 Å². The summed E-state index contributed by atoms with van der Waals surface area (Å²) in [6, 6.07) is 1.54. The second kappa shape index (κ2) is 4.20. The van der Waals surface area contributed by atoms with Crippen LogP contribution in [-0.4, -0.2) is 24.3 Å². The summed E-state index contributed by atoms with van der Waals surface area (Å²) < 4.78 is 0. The van der Waals surface area contributed by atoms with Crippen molar-refractivity contribution in [2.24, 2.45) is 0 Å². The van der Waals surface area contributed by atoms with Crippen molar-refractivity contribution in [1.29, 1.82) is 5.41 Å². The van der Waals surface area contributed by atoms with E-state index in [9.17, 15) is 0 Å². The van der Waals surface area contributed by atoms with Gasteiger partial charge in [0.25, 0.3) is 0 Å². The van der Waals surface area contributed by atoms with Gasteiger partial charge in [0.15, 0.2) is 0 Å². The standard InChI is InChI=1S/C8H11ClN4/c1-12-4-7(11)5-3-13-8(9)2-6(5)10/h2-3,11-12H,4H2,1H3,(H2,10,13). The minimum atomic E-state index is 0.346. The summed E-state index contributed by atoms with van der Waals surface area (Å²) in [5.74, 6) is 0. The zero-order valence-electron chi connectivity index (χ0n) is 7.26. The molecule has 1 aromatic rings. The summed E-state index contributed by atoms with van der Waals surface area (Å²) in [5.41, 5.74) is 7.18. The molecule has 0 fully saturated rings. The highest BCUT2D eigenvalue weighted by Gasteiger charge is 2.05. The molecule has 0 radical (unpaired) electrons. The number of hydrogen-bond acceptors (Lipinski definition) is 4. The number of aromatic nitrogens is 1. The lowest BCUT2D eigenvalue weighted by atomic mass is 10.1. The van der Waals surface area contributed by atoms with Gasteiger partial charge < -0.3 is 16.5 Å². The number of anilines is 1. The van der Waals surface area contributed by atoms with Gasteiger partial charge in [0.05, 0.1) is 5.71 Å². The predicted molar refractivity (Wildman–Crippen MR) is 54.4 cm³/mol. The van der Waals surface area contributed by atoms with Gasteiger partial charge >= 0.3 is 0 Å². The first kappa shape index (κ1) is 9.95. The first-order chi connectivity index (χ1) is 6.15. The highest BCUT2D eigenvalue weighted by atomic mass is 35.5. The van der Waals surface area contributed by atoms with Crippen LogP contribution in [0.15, 0.2) is 12.3 Å². The molecule has 4 N–H and O–H groups in total. The topological polar surface area (TPSA) is 74.8 Å². The Bertz CT molecular complexity index is 324. The van der Waals surface area contributed by atoms with Gasteiger partial charge in [0.1, 0.15) is 5.15 Å². The molecule has 1 rings (SSSR count). The Morgan fingerprint density at radius 1 is 1.77 bits per heavy atom. The largest absolute Gasteiger partial charge is 0.398 e. The molecule has 0 aromatic carbocycles. The van der Waals surface area contributed by atoms with Crippen LogP contribution in [-0.2, 0) is 0 Å². The van der Waals surface area contributed by atoms with Crippen LogP contribution >= 0.6 is 11.6 Å². The Kier molecular flexibility index (Phi) is 3.22. The van der Waals surface area contributed by atoms with Gasteiger partial charge in [-0.3, -0.25) is 0 Å². The number of hydrogen-bond donors (Lipinski definition) is 3. The van der Waals surface area contributed by atoms with E-state index in [1.54, 1.807) is 13.1 Å². The Labute approximate surface area is 81.6 Å². The van der Waals surface area contributed by atoms with Crippen molar-refractivity contribution >= 4 is 23.0 Å². The molecule has 0 bridgehead atoms. The highest BCUT2D eigenvalue weighted by molar-refractivity contribution is 6.29. The van der Waals surface area contributed by atoms with Crippen LogP contribution in [0.3, 0.4) is 0 Å². The normalized spacial score (nSPS) is 10.0. The monoisotopic (exact) mass is 198 g/mol. The van der Waals surface area contributed by atoms with E-state index >= 15 is 0 Å².